The molecular formula is C32H38ClN5O7. The van der Waals surface area contributed by atoms with Crippen molar-refractivity contribution in [2.75, 3.05) is 53.1 Å². The predicted molar refractivity (Wildman–Crippen MR) is 166 cm³/mol. The van der Waals surface area contributed by atoms with E-state index in [2.05, 4.69) is 15.7 Å². The van der Waals surface area contributed by atoms with Gasteiger partial charge in [-0.05, 0) is 68.1 Å². The van der Waals surface area contributed by atoms with E-state index in [9.17, 15) is 19.2 Å². The number of fused-ring (bicyclic) bond motifs is 2. The van der Waals surface area contributed by atoms with E-state index in [1.54, 1.807) is 73.6 Å². The molecule has 3 aromatic rings. The Labute approximate surface area is 267 Å². The smallest absolute Gasteiger partial charge is 0.314 e. The van der Waals surface area contributed by atoms with Gasteiger partial charge >= 0.3 is 5.97 Å². The second-order valence-corrected chi connectivity index (χ2v) is 11.1. The monoisotopic (exact) mass is 639 g/mol. The molecule has 1 aromatic heterocycles. The molecule has 0 saturated carbocycles. The number of carbonyl (C=O) groups excluding carboxylic acids is 4. The van der Waals surface area contributed by atoms with Crippen molar-refractivity contribution in [2.45, 2.75) is 26.2 Å². The van der Waals surface area contributed by atoms with Crippen LogP contribution in [0.15, 0.2) is 60.9 Å². The van der Waals surface area contributed by atoms with E-state index >= 15 is 0 Å². The molecule has 2 bridgehead atoms. The number of ether oxygens (including phenoxy) is 3. The standard InChI is InChI=1S/C32H38ClN5O7/c1-3-44-31(42)32(11-5-16-43-2)19-23-7-4-8-25(17-23)45-21-29(40)34-13-15-37(20-28(39)35-22-32)30(41)26-18-24(9-10-27(26)33)38-14-6-12-36-38/h4,6-10,12,14,17-18H,3,5,11,13,15-16,19-22H2,1-2H3,(H,34,40)(H,35,39). The lowest BCUT2D eigenvalue weighted by molar-refractivity contribution is -0.156. The van der Waals surface area contributed by atoms with Crippen molar-refractivity contribution >= 4 is 35.3 Å². The van der Waals surface area contributed by atoms with Gasteiger partial charge in [-0.2, -0.15) is 5.10 Å². The van der Waals surface area contributed by atoms with Crippen LogP contribution in [0, 0.1) is 5.41 Å². The van der Waals surface area contributed by atoms with E-state index in [-0.39, 0.29) is 56.4 Å². The summed E-state index contributed by atoms with van der Waals surface area (Å²) in [7, 11) is 1.58. The zero-order chi connectivity index (χ0) is 32.2. The van der Waals surface area contributed by atoms with Crippen LogP contribution in [-0.2, 0) is 30.3 Å². The molecule has 2 N–H and O–H groups in total. The molecule has 4 rings (SSSR count). The molecule has 0 saturated heterocycles. The van der Waals surface area contributed by atoms with Gasteiger partial charge in [0.05, 0.1) is 34.8 Å². The number of nitrogens with zero attached hydrogens (tertiary/aromatic N) is 3. The number of methoxy groups -OCH3 is 1. The molecular weight excluding hydrogens is 602 g/mol. The Morgan fingerprint density at radius 2 is 1.96 bits per heavy atom. The van der Waals surface area contributed by atoms with Crippen LogP contribution in [0.25, 0.3) is 5.69 Å². The number of amides is 3. The van der Waals surface area contributed by atoms with Crippen LogP contribution >= 0.6 is 11.6 Å². The van der Waals surface area contributed by atoms with Crippen molar-refractivity contribution in [1.82, 2.24) is 25.3 Å². The number of benzene rings is 2. The first-order chi connectivity index (χ1) is 21.7. The second-order valence-electron chi connectivity index (χ2n) is 10.7. The maximum Gasteiger partial charge on any atom is 0.314 e. The van der Waals surface area contributed by atoms with E-state index in [0.717, 1.165) is 5.56 Å². The lowest BCUT2D eigenvalue weighted by Gasteiger charge is -2.32. The number of nitrogens with one attached hydrogen (secondary N) is 2. The molecule has 0 aliphatic carbocycles. The van der Waals surface area contributed by atoms with E-state index in [1.165, 1.54) is 4.90 Å². The molecule has 0 spiro atoms. The molecule has 12 nitrogen and oxygen atoms in total. The van der Waals surface area contributed by atoms with E-state index in [1.807, 2.05) is 6.07 Å². The average Bonchev–Trinajstić information content (AvgIpc) is 3.57. The quantitative estimate of drug-likeness (QED) is 0.283. The van der Waals surface area contributed by atoms with Crippen LogP contribution in [-0.4, -0.2) is 91.5 Å². The number of hydrogen-bond donors (Lipinski definition) is 2. The summed E-state index contributed by atoms with van der Waals surface area (Å²) in [5.74, 6) is -1.40. The van der Waals surface area contributed by atoms with Crippen LogP contribution in [0.4, 0.5) is 0 Å². The van der Waals surface area contributed by atoms with Crippen molar-refractivity contribution in [3.05, 3.63) is 77.1 Å². The number of aromatic nitrogens is 2. The Balaban J connectivity index is 1.65. The Morgan fingerprint density at radius 1 is 1.11 bits per heavy atom. The molecule has 13 heteroatoms. The Hall–Kier alpha value is -4.42. The maximum absolute atomic E-state index is 13.8. The summed E-state index contributed by atoms with van der Waals surface area (Å²) < 4.78 is 18.1. The molecule has 2 aromatic carbocycles. The summed E-state index contributed by atoms with van der Waals surface area (Å²) >= 11 is 6.45. The maximum atomic E-state index is 13.8. The molecule has 1 aliphatic heterocycles. The van der Waals surface area contributed by atoms with Gasteiger partial charge in [0.1, 0.15) is 5.75 Å². The van der Waals surface area contributed by atoms with Crippen molar-refractivity contribution in [3.8, 4) is 11.4 Å². The number of carbonyl (C=O) groups is 4. The minimum Gasteiger partial charge on any atom is -0.484 e. The Morgan fingerprint density at radius 3 is 2.71 bits per heavy atom. The first kappa shape index (κ1) is 33.5. The molecule has 1 aliphatic rings. The zero-order valence-electron chi connectivity index (χ0n) is 25.4. The van der Waals surface area contributed by atoms with Crippen molar-refractivity contribution in [1.29, 1.82) is 0 Å². The second kappa shape index (κ2) is 16.1. The van der Waals surface area contributed by atoms with Gasteiger partial charge in [-0.3, -0.25) is 19.2 Å². The van der Waals surface area contributed by atoms with E-state index in [0.29, 0.717) is 30.9 Å². The summed E-state index contributed by atoms with van der Waals surface area (Å²) in [5.41, 5.74) is 0.410. The topological polar surface area (TPSA) is 141 Å². The fraction of sp³-hybridized carbons (Fsp3) is 0.406. The minimum atomic E-state index is -1.13. The van der Waals surface area contributed by atoms with Gasteiger partial charge in [-0.25, -0.2) is 4.68 Å². The normalized spacial score (nSPS) is 18.0. The van der Waals surface area contributed by atoms with E-state index in [4.69, 9.17) is 25.8 Å². The highest BCUT2D eigenvalue weighted by molar-refractivity contribution is 6.34. The summed E-state index contributed by atoms with van der Waals surface area (Å²) in [6.45, 7) is 1.73. The number of halogens is 1. The zero-order valence-corrected chi connectivity index (χ0v) is 26.2. The fourth-order valence-corrected chi connectivity index (χ4v) is 5.35. The predicted octanol–water partition coefficient (Wildman–Crippen LogP) is 2.81. The molecule has 1 unspecified atom stereocenters. The highest BCUT2D eigenvalue weighted by atomic mass is 35.5. The average molecular weight is 640 g/mol. The lowest BCUT2D eigenvalue weighted by atomic mass is 9.77. The third-order valence-corrected chi connectivity index (χ3v) is 7.75. The van der Waals surface area contributed by atoms with Crippen LogP contribution in [0.2, 0.25) is 5.02 Å². The molecule has 240 valence electrons. The van der Waals surface area contributed by atoms with Crippen molar-refractivity contribution < 1.29 is 33.4 Å². The highest BCUT2D eigenvalue weighted by Crippen LogP contribution is 2.32. The summed E-state index contributed by atoms with van der Waals surface area (Å²) in [6.07, 6.45) is 4.48. The van der Waals surface area contributed by atoms with Gasteiger partial charge in [-0.1, -0.05) is 23.7 Å². The molecule has 0 radical (unpaired) electrons. The van der Waals surface area contributed by atoms with Gasteiger partial charge in [0.15, 0.2) is 6.61 Å². The largest absolute Gasteiger partial charge is 0.484 e. The van der Waals surface area contributed by atoms with Crippen LogP contribution in [0.5, 0.6) is 5.75 Å². The van der Waals surface area contributed by atoms with Gasteiger partial charge in [0.25, 0.3) is 11.8 Å². The summed E-state index contributed by atoms with van der Waals surface area (Å²) in [5, 5.41) is 10.0. The SMILES string of the molecule is CCOC(=O)C1(CCCOC)CNC(=O)CN(C(=O)c2cc(-n3cccn3)ccc2Cl)CCNC(=O)COc2cccc(c2)C1. The Kier molecular flexibility index (Phi) is 11.9. The number of rotatable bonds is 8. The molecule has 45 heavy (non-hydrogen) atoms. The number of hydrogen-bond acceptors (Lipinski definition) is 8. The van der Waals surface area contributed by atoms with Crippen LogP contribution < -0.4 is 15.4 Å². The van der Waals surface area contributed by atoms with Gasteiger partial charge in [-0.15, -0.1) is 0 Å². The van der Waals surface area contributed by atoms with Crippen molar-refractivity contribution in [2.24, 2.45) is 5.41 Å². The minimum absolute atomic E-state index is 0.00661. The van der Waals surface area contributed by atoms with Crippen LogP contribution in [0.3, 0.4) is 0 Å². The highest BCUT2D eigenvalue weighted by Gasteiger charge is 2.40. The van der Waals surface area contributed by atoms with E-state index < -0.39 is 29.1 Å². The summed E-state index contributed by atoms with van der Waals surface area (Å²) in [4.78, 5) is 54.7. The molecule has 1 atom stereocenters. The summed E-state index contributed by atoms with van der Waals surface area (Å²) in [6, 6.07) is 13.8. The van der Waals surface area contributed by atoms with Gasteiger partial charge < -0.3 is 29.7 Å². The number of esters is 1. The molecule has 0 fully saturated rings. The third-order valence-electron chi connectivity index (χ3n) is 7.42. The Bertz CT molecular complexity index is 1480. The van der Waals surface area contributed by atoms with Gasteiger partial charge in [0.2, 0.25) is 5.91 Å². The molecule has 3 amide bonds. The first-order valence-corrected chi connectivity index (χ1v) is 15.1. The lowest BCUT2D eigenvalue weighted by Crippen LogP contribution is -2.49. The van der Waals surface area contributed by atoms with Crippen LogP contribution in [0.1, 0.15) is 35.7 Å². The van der Waals surface area contributed by atoms with Gasteiger partial charge in [0, 0.05) is 45.7 Å². The fourth-order valence-electron chi connectivity index (χ4n) is 5.15. The molecule has 2 heterocycles. The first-order valence-electron chi connectivity index (χ1n) is 14.7. The van der Waals surface area contributed by atoms with Crippen molar-refractivity contribution in [3.63, 3.8) is 0 Å². The third kappa shape index (κ3) is 9.05.